The molecule has 154 valence electrons. The van der Waals surface area contributed by atoms with E-state index in [9.17, 15) is 4.79 Å². The third-order valence-electron chi connectivity index (χ3n) is 5.70. The van der Waals surface area contributed by atoms with Gasteiger partial charge >= 0.3 is 6.09 Å². The van der Waals surface area contributed by atoms with E-state index in [1.54, 1.807) is 4.90 Å². The van der Waals surface area contributed by atoms with Crippen LogP contribution in [0.2, 0.25) is 0 Å². The van der Waals surface area contributed by atoms with Crippen LogP contribution in [0.4, 0.5) is 4.79 Å². The highest BCUT2D eigenvalue weighted by Gasteiger charge is 2.49. The number of carbonyl (C=O) groups is 1. The summed E-state index contributed by atoms with van der Waals surface area (Å²) in [5, 5.41) is 0. The molecule has 0 N–H and O–H groups in total. The van der Waals surface area contributed by atoms with Gasteiger partial charge in [-0.25, -0.2) is 4.79 Å². The molecule has 28 heavy (non-hydrogen) atoms. The van der Waals surface area contributed by atoms with E-state index in [4.69, 9.17) is 9.47 Å². The fourth-order valence-corrected chi connectivity index (χ4v) is 4.29. The van der Waals surface area contributed by atoms with Crippen LogP contribution in [-0.2, 0) is 9.47 Å². The van der Waals surface area contributed by atoms with Crippen molar-refractivity contribution in [3.8, 4) is 0 Å². The van der Waals surface area contributed by atoms with Crippen LogP contribution in [-0.4, -0.2) is 59.5 Å². The van der Waals surface area contributed by atoms with Crippen LogP contribution in [0.15, 0.2) is 36.4 Å². The highest BCUT2D eigenvalue weighted by molar-refractivity contribution is 5.70. The molecular formula is C23H34N2O3. The molecule has 0 aromatic heterocycles. The van der Waals surface area contributed by atoms with Crippen LogP contribution in [0.25, 0.3) is 6.08 Å². The molecule has 1 amide bonds. The fourth-order valence-electron chi connectivity index (χ4n) is 4.29. The van der Waals surface area contributed by atoms with E-state index in [2.05, 4.69) is 29.2 Å². The van der Waals surface area contributed by atoms with E-state index in [1.807, 2.05) is 45.9 Å². The Morgan fingerprint density at radius 2 is 1.96 bits per heavy atom. The van der Waals surface area contributed by atoms with E-state index >= 15 is 0 Å². The molecule has 1 atom stereocenters. The van der Waals surface area contributed by atoms with Crippen LogP contribution in [0.3, 0.4) is 0 Å². The molecule has 2 saturated heterocycles. The highest BCUT2D eigenvalue weighted by Crippen LogP contribution is 2.35. The normalized spacial score (nSPS) is 24.6. The lowest BCUT2D eigenvalue weighted by atomic mass is 10.0. The van der Waals surface area contributed by atoms with Gasteiger partial charge in [0.05, 0.1) is 12.1 Å². The first kappa shape index (κ1) is 20.9. The maximum absolute atomic E-state index is 12.8. The molecule has 2 aliphatic rings. The van der Waals surface area contributed by atoms with E-state index in [1.165, 1.54) is 18.4 Å². The number of amides is 1. The number of piperidine rings is 1. The Kier molecular flexibility index (Phi) is 6.46. The average Bonchev–Trinajstić information content (AvgIpc) is 2.89. The van der Waals surface area contributed by atoms with E-state index in [0.717, 1.165) is 19.5 Å². The lowest BCUT2D eigenvalue weighted by Crippen LogP contribution is -2.53. The number of nitrogens with zero attached hydrogens (tertiary/aromatic N) is 2. The van der Waals surface area contributed by atoms with Gasteiger partial charge < -0.3 is 9.47 Å². The second-order valence-electron chi connectivity index (χ2n) is 8.92. The molecule has 2 heterocycles. The van der Waals surface area contributed by atoms with Crippen molar-refractivity contribution >= 4 is 12.2 Å². The summed E-state index contributed by atoms with van der Waals surface area (Å²) < 4.78 is 11.6. The molecule has 0 spiro atoms. The van der Waals surface area contributed by atoms with E-state index in [-0.39, 0.29) is 17.7 Å². The number of rotatable bonds is 5. The highest BCUT2D eigenvalue weighted by atomic mass is 16.6. The van der Waals surface area contributed by atoms with E-state index < -0.39 is 5.72 Å². The van der Waals surface area contributed by atoms with E-state index in [0.29, 0.717) is 13.2 Å². The molecule has 0 aliphatic carbocycles. The van der Waals surface area contributed by atoms with Gasteiger partial charge in [0.1, 0.15) is 12.3 Å². The summed E-state index contributed by atoms with van der Waals surface area (Å²) >= 11 is 0. The van der Waals surface area contributed by atoms with Gasteiger partial charge in [-0.2, -0.15) is 0 Å². The Balaban J connectivity index is 1.56. The molecule has 1 aromatic rings. The van der Waals surface area contributed by atoms with Crippen molar-refractivity contribution < 1.29 is 14.3 Å². The zero-order chi connectivity index (χ0) is 20.2. The fraction of sp³-hybridized carbons (Fsp3) is 0.609. The van der Waals surface area contributed by atoms with Gasteiger partial charge in [-0.1, -0.05) is 48.9 Å². The SMILES string of the molecule is CC1(C)COC(C)(C)N1C(=O)OC[C@H]1CCCCN1C/C=C/c1ccccc1. The molecule has 2 fully saturated rings. The molecule has 0 saturated carbocycles. The van der Waals surface area contributed by atoms with Gasteiger partial charge in [-0.05, 0) is 52.6 Å². The smallest absolute Gasteiger partial charge is 0.412 e. The summed E-state index contributed by atoms with van der Waals surface area (Å²) in [6.45, 7) is 10.8. The quantitative estimate of drug-likeness (QED) is 0.745. The summed E-state index contributed by atoms with van der Waals surface area (Å²) in [6.07, 6.45) is 7.53. The standard InChI is InChI=1S/C23H34N2O3/c1-22(2)18-28-23(3,4)25(22)21(26)27-17-20-14-8-9-15-24(20)16-10-13-19-11-6-5-7-12-19/h5-7,10-13,20H,8-9,14-18H2,1-4H3/b13-10+/t20-/m1/s1. The minimum Gasteiger partial charge on any atom is -0.448 e. The Hall–Kier alpha value is -1.85. The number of carbonyl (C=O) groups excluding carboxylic acids is 1. The summed E-state index contributed by atoms with van der Waals surface area (Å²) in [4.78, 5) is 17.0. The number of likely N-dealkylation sites (tertiary alicyclic amines) is 1. The predicted octanol–water partition coefficient (Wildman–Crippen LogP) is 4.54. The maximum Gasteiger partial charge on any atom is 0.412 e. The number of ether oxygens (including phenoxy) is 2. The van der Waals surface area contributed by atoms with Crippen LogP contribution < -0.4 is 0 Å². The Morgan fingerprint density at radius 1 is 1.21 bits per heavy atom. The number of benzene rings is 1. The lowest BCUT2D eigenvalue weighted by molar-refractivity contribution is -0.0555. The zero-order valence-electron chi connectivity index (χ0n) is 17.7. The largest absolute Gasteiger partial charge is 0.448 e. The van der Waals surface area contributed by atoms with Crippen molar-refractivity contribution in [1.29, 1.82) is 0 Å². The van der Waals surface area contributed by atoms with Crippen molar-refractivity contribution in [2.24, 2.45) is 0 Å². The first-order chi connectivity index (χ1) is 13.3. The second-order valence-corrected chi connectivity index (χ2v) is 8.92. The molecular weight excluding hydrogens is 352 g/mol. The maximum atomic E-state index is 12.8. The average molecular weight is 387 g/mol. The summed E-state index contributed by atoms with van der Waals surface area (Å²) in [7, 11) is 0. The van der Waals surface area contributed by atoms with Crippen molar-refractivity contribution in [2.75, 3.05) is 26.3 Å². The van der Waals surface area contributed by atoms with Crippen molar-refractivity contribution in [2.45, 2.75) is 64.3 Å². The molecule has 0 radical (unpaired) electrons. The monoisotopic (exact) mass is 386 g/mol. The Labute approximate surface area is 169 Å². The van der Waals surface area contributed by atoms with Crippen molar-refractivity contribution in [1.82, 2.24) is 9.80 Å². The van der Waals surface area contributed by atoms with Gasteiger partial charge in [0.2, 0.25) is 0 Å². The number of hydrogen-bond donors (Lipinski definition) is 0. The van der Waals surface area contributed by atoms with Crippen LogP contribution >= 0.6 is 0 Å². The molecule has 0 bridgehead atoms. The summed E-state index contributed by atoms with van der Waals surface area (Å²) in [5.74, 6) is 0. The molecule has 2 aliphatic heterocycles. The van der Waals surface area contributed by atoms with Gasteiger partial charge in [-0.3, -0.25) is 9.80 Å². The van der Waals surface area contributed by atoms with Gasteiger partial charge in [0, 0.05) is 12.6 Å². The first-order valence-corrected chi connectivity index (χ1v) is 10.4. The van der Waals surface area contributed by atoms with Gasteiger partial charge in [0.15, 0.2) is 0 Å². The van der Waals surface area contributed by atoms with Gasteiger partial charge in [-0.15, -0.1) is 0 Å². The zero-order valence-corrected chi connectivity index (χ0v) is 17.7. The summed E-state index contributed by atoms with van der Waals surface area (Å²) in [5.41, 5.74) is 0.220. The molecule has 0 unspecified atom stereocenters. The third kappa shape index (κ3) is 4.95. The Bertz CT molecular complexity index is 668. The van der Waals surface area contributed by atoms with Crippen LogP contribution in [0, 0.1) is 0 Å². The number of hydrogen-bond acceptors (Lipinski definition) is 4. The molecule has 5 heteroatoms. The third-order valence-corrected chi connectivity index (χ3v) is 5.70. The lowest BCUT2D eigenvalue weighted by Gasteiger charge is -2.38. The summed E-state index contributed by atoms with van der Waals surface area (Å²) in [6, 6.07) is 10.6. The molecule has 5 nitrogen and oxygen atoms in total. The first-order valence-electron chi connectivity index (χ1n) is 10.4. The second kappa shape index (κ2) is 8.66. The molecule has 1 aromatic carbocycles. The topological polar surface area (TPSA) is 42.0 Å². The minimum atomic E-state index is -0.634. The van der Waals surface area contributed by atoms with Crippen LogP contribution in [0.5, 0.6) is 0 Å². The Morgan fingerprint density at radius 3 is 2.64 bits per heavy atom. The van der Waals surface area contributed by atoms with Crippen LogP contribution in [0.1, 0.15) is 52.5 Å². The van der Waals surface area contributed by atoms with Crippen molar-refractivity contribution in [3.63, 3.8) is 0 Å². The predicted molar refractivity (Wildman–Crippen MR) is 112 cm³/mol. The van der Waals surface area contributed by atoms with Gasteiger partial charge in [0.25, 0.3) is 0 Å². The molecule has 3 rings (SSSR count). The minimum absolute atomic E-state index is 0.271. The van der Waals surface area contributed by atoms with Crippen molar-refractivity contribution in [3.05, 3.63) is 42.0 Å².